The van der Waals surface area contributed by atoms with Gasteiger partial charge in [-0.25, -0.2) is 4.39 Å². The molecule has 0 atom stereocenters. The Hall–Kier alpha value is -2.13. The average Bonchev–Trinajstić information content (AvgIpc) is 2.89. The quantitative estimate of drug-likeness (QED) is 0.666. The predicted octanol–water partition coefficient (Wildman–Crippen LogP) is 4.56. The average molecular weight is 296 g/mol. The Morgan fingerprint density at radius 1 is 1.05 bits per heavy atom. The third-order valence-electron chi connectivity index (χ3n) is 4.16. The number of para-hydroxylation sites is 1. The predicted molar refractivity (Wildman–Crippen MR) is 90.4 cm³/mol. The lowest BCUT2D eigenvalue weighted by molar-refractivity contribution is 0.628. The zero-order chi connectivity index (χ0) is 15.5. The molecule has 3 N–H and O–H groups in total. The number of hydrogen-bond acceptors (Lipinski definition) is 1. The summed E-state index contributed by atoms with van der Waals surface area (Å²) < 4.78 is 13.2. The first-order valence-corrected chi connectivity index (χ1v) is 7.77. The van der Waals surface area contributed by atoms with E-state index in [1.165, 1.54) is 34.2 Å². The minimum atomic E-state index is -0.208. The molecule has 2 nitrogen and oxygen atoms in total. The number of aromatic amines is 1. The third-order valence-corrected chi connectivity index (χ3v) is 4.16. The number of nitrogens with two attached hydrogens (primary N) is 1. The van der Waals surface area contributed by atoms with E-state index in [-0.39, 0.29) is 5.82 Å². The molecule has 3 aromatic rings. The van der Waals surface area contributed by atoms with E-state index in [2.05, 4.69) is 30.1 Å². The number of nitrogens with one attached hydrogen (secondary N) is 1. The second-order valence-electron chi connectivity index (χ2n) is 5.73. The van der Waals surface area contributed by atoms with Gasteiger partial charge in [-0.3, -0.25) is 0 Å². The Morgan fingerprint density at radius 2 is 1.82 bits per heavy atom. The van der Waals surface area contributed by atoms with Crippen molar-refractivity contribution in [1.29, 1.82) is 0 Å². The summed E-state index contributed by atoms with van der Waals surface area (Å²) in [6.45, 7) is 2.82. The summed E-state index contributed by atoms with van der Waals surface area (Å²) in [6, 6.07) is 13.0. The van der Waals surface area contributed by atoms with Gasteiger partial charge in [0.05, 0.1) is 0 Å². The van der Waals surface area contributed by atoms with E-state index in [0.717, 1.165) is 30.5 Å². The highest BCUT2D eigenvalue weighted by molar-refractivity contribution is 5.92. The summed E-state index contributed by atoms with van der Waals surface area (Å²) >= 11 is 0. The van der Waals surface area contributed by atoms with Crippen LogP contribution in [0.2, 0.25) is 0 Å². The van der Waals surface area contributed by atoms with Gasteiger partial charge in [-0.05, 0) is 73.7 Å². The molecule has 3 rings (SSSR count). The molecule has 0 aliphatic rings. The maximum atomic E-state index is 13.2. The van der Waals surface area contributed by atoms with Crippen LogP contribution in [0, 0.1) is 12.7 Å². The smallest absolute Gasteiger partial charge is 0.123 e. The number of unbranched alkanes of at least 4 members (excludes halogenated alkanes) is 1. The van der Waals surface area contributed by atoms with Gasteiger partial charge in [-0.2, -0.15) is 0 Å². The summed E-state index contributed by atoms with van der Waals surface area (Å²) in [6.07, 6.45) is 3.06. The molecule has 0 saturated carbocycles. The van der Waals surface area contributed by atoms with Crippen molar-refractivity contribution in [2.45, 2.75) is 26.2 Å². The standard InChI is InChI=1S/C19H21FN2/c1-13-5-4-7-16-17(6-2-3-12-21)19(22-18(13)16)14-8-10-15(20)11-9-14/h4-5,7-11,22H,2-3,6,12,21H2,1H3. The van der Waals surface area contributed by atoms with Crippen LogP contribution >= 0.6 is 0 Å². The number of benzene rings is 2. The van der Waals surface area contributed by atoms with Gasteiger partial charge < -0.3 is 10.7 Å². The normalized spacial score (nSPS) is 11.2. The Bertz CT molecular complexity index is 772. The molecule has 0 fully saturated rings. The van der Waals surface area contributed by atoms with Crippen LogP contribution in [0.1, 0.15) is 24.0 Å². The third kappa shape index (κ3) is 2.77. The van der Waals surface area contributed by atoms with Gasteiger partial charge in [0.1, 0.15) is 5.82 Å². The molecular weight excluding hydrogens is 275 g/mol. The minimum Gasteiger partial charge on any atom is -0.354 e. The summed E-state index contributed by atoms with van der Waals surface area (Å²) in [7, 11) is 0. The van der Waals surface area contributed by atoms with E-state index < -0.39 is 0 Å². The first kappa shape index (κ1) is 14.8. The molecule has 114 valence electrons. The number of halogens is 1. The summed E-state index contributed by atoms with van der Waals surface area (Å²) in [4.78, 5) is 3.54. The van der Waals surface area contributed by atoms with Crippen LogP contribution in [0.25, 0.3) is 22.2 Å². The second kappa shape index (κ2) is 6.32. The van der Waals surface area contributed by atoms with Crippen LogP contribution in [0.4, 0.5) is 4.39 Å². The molecule has 1 aromatic heterocycles. The molecule has 1 heterocycles. The fraction of sp³-hybridized carbons (Fsp3) is 0.263. The Labute approximate surface area is 130 Å². The van der Waals surface area contributed by atoms with E-state index in [0.29, 0.717) is 6.54 Å². The van der Waals surface area contributed by atoms with E-state index in [4.69, 9.17) is 5.73 Å². The maximum absolute atomic E-state index is 13.2. The fourth-order valence-electron chi connectivity index (χ4n) is 2.99. The molecule has 0 amide bonds. The van der Waals surface area contributed by atoms with E-state index in [1.54, 1.807) is 0 Å². The van der Waals surface area contributed by atoms with E-state index in [9.17, 15) is 4.39 Å². The van der Waals surface area contributed by atoms with Crippen LogP contribution in [0.3, 0.4) is 0 Å². The molecule has 0 saturated heterocycles. The molecule has 0 bridgehead atoms. The lowest BCUT2D eigenvalue weighted by Gasteiger charge is -2.05. The van der Waals surface area contributed by atoms with Gasteiger partial charge in [0.15, 0.2) is 0 Å². The van der Waals surface area contributed by atoms with Crippen molar-refractivity contribution < 1.29 is 4.39 Å². The maximum Gasteiger partial charge on any atom is 0.123 e. The fourth-order valence-corrected chi connectivity index (χ4v) is 2.99. The van der Waals surface area contributed by atoms with E-state index in [1.807, 2.05) is 12.1 Å². The van der Waals surface area contributed by atoms with Gasteiger partial charge in [0.25, 0.3) is 0 Å². The van der Waals surface area contributed by atoms with Gasteiger partial charge in [0.2, 0.25) is 0 Å². The number of hydrogen-bond donors (Lipinski definition) is 2. The lowest BCUT2D eigenvalue weighted by atomic mass is 9.99. The molecule has 0 unspecified atom stereocenters. The Kier molecular flexibility index (Phi) is 4.25. The molecule has 0 aliphatic carbocycles. The van der Waals surface area contributed by atoms with Crippen molar-refractivity contribution in [3.8, 4) is 11.3 Å². The molecule has 0 radical (unpaired) electrons. The molecular formula is C19H21FN2. The number of H-pyrrole nitrogens is 1. The largest absolute Gasteiger partial charge is 0.354 e. The first-order valence-electron chi connectivity index (χ1n) is 7.77. The monoisotopic (exact) mass is 296 g/mol. The summed E-state index contributed by atoms with van der Waals surface area (Å²) in [5.41, 5.74) is 11.5. The van der Waals surface area contributed by atoms with Crippen molar-refractivity contribution in [3.63, 3.8) is 0 Å². The topological polar surface area (TPSA) is 41.8 Å². The second-order valence-corrected chi connectivity index (χ2v) is 5.73. The van der Waals surface area contributed by atoms with Gasteiger partial charge >= 0.3 is 0 Å². The highest BCUT2D eigenvalue weighted by atomic mass is 19.1. The number of aromatic nitrogens is 1. The van der Waals surface area contributed by atoms with E-state index >= 15 is 0 Å². The molecule has 22 heavy (non-hydrogen) atoms. The zero-order valence-corrected chi connectivity index (χ0v) is 12.8. The highest BCUT2D eigenvalue weighted by Crippen LogP contribution is 2.33. The molecule has 0 spiro atoms. The summed E-state index contributed by atoms with van der Waals surface area (Å²) in [5, 5.41) is 1.26. The van der Waals surface area contributed by atoms with Gasteiger partial charge in [-0.1, -0.05) is 18.2 Å². The molecule has 2 aromatic carbocycles. The van der Waals surface area contributed by atoms with Crippen LogP contribution in [-0.4, -0.2) is 11.5 Å². The van der Waals surface area contributed by atoms with Crippen LogP contribution in [-0.2, 0) is 6.42 Å². The van der Waals surface area contributed by atoms with Crippen molar-refractivity contribution in [2.75, 3.05) is 6.54 Å². The SMILES string of the molecule is Cc1cccc2c(CCCCN)c(-c3ccc(F)cc3)[nH]c12. The van der Waals surface area contributed by atoms with Crippen molar-refractivity contribution in [3.05, 3.63) is 59.4 Å². The number of rotatable bonds is 5. The van der Waals surface area contributed by atoms with Crippen LogP contribution < -0.4 is 5.73 Å². The van der Waals surface area contributed by atoms with Crippen LogP contribution in [0.5, 0.6) is 0 Å². The van der Waals surface area contributed by atoms with Gasteiger partial charge in [-0.15, -0.1) is 0 Å². The van der Waals surface area contributed by atoms with Crippen LogP contribution in [0.15, 0.2) is 42.5 Å². The summed E-state index contributed by atoms with van der Waals surface area (Å²) in [5.74, 6) is -0.208. The first-order chi connectivity index (χ1) is 10.7. The van der Waals surface area contributed by atoms with Crippen molar-refractivity contribution >= 4 is 10.9 Å². The highest BCUT2D eigenvalue weighted by Gasteiger charge is 2.14. The zero-order valence-electron chi connectivity index (χ0n) is 12.8. The Morgan fingerprint density at radius 3 is 2.55 bits per heavy atom. The van der Waals surface area contributed by atoms with Gasteiger partial charge in [0, 0.05) is 16.6 Å². The molecule has 0 aliphatic heterocycles. The van der Waals surface area contributed by atoms with Crippen molar-refractivity contribution in [1.82, 2.24) is 4.98 Å². The van der Waals surface area contributed by atoms with Crippen molar-refractivity contribution in [2.24, 2.45) is 5.73 Å². The lowest BCUT2D eigenvalue weighted by Crippen LogP contribution is -1.99. The Balaban J connectivity index is 2.12. The molecule has 3 heteroatoms. The number of fused-ring (bicyclic) bond motifs is 1. The number of aryl methyl sites for hydroxylation is 2. The minimum absolute atomic E-state index is 0.208.